The number of ether oxygens (including phenoxy) is 5. The van der Waals surface area contributed by atoms with Crippen LogP contribution >= 0.6 is 0 Å². The summed E-state index contributed by atoms with van der Waals surface area (Å²) in [6, 6.07) is 12.2. The van der Waals surface area contributed by atoms with E-state index < -0.39 is 6.10 Å². The first-order chi connectivity index (χ1) is 16.0. The van der Waals surface area contributed by atoms with E-state index in [0.717, 1.165) is 41.4 Å². The standard InChI is InChI=1S/C27H36O6/c1-5-14-31-25-12-11-21(26-27(25)33-26)16-19(3)23-9-7-8-10-24(23)32-18-22(30-6-2)13-15-29-17-20(4)28/h6-12,19-20,22,28H,2,5,13-18H2,1,3-4H3. The van der Waals surface area contributed by atoms with Crippen molar-refractivity contribution in [3.8, 4) is 23.0 Å². The predicted molar refractivity (Wildman–Crippen MR) is 129 cm³/mol. The van der Waals surface area contributed by atoms with Gasteiger partial charge in [-0.2, -0.15) is 0 Å². The van der Waals surface area contributed by atoms with Crippen LogP contribution in [-0.2, 0) is 15.9 Å². The first-order valence-electron chi connectivity index (χ1n) is 11.7. The molecule has 1 N–H and O–H groups in total. The van der Waals surface area contributed by atoms with Crippen LogP contribution in [0.1, 0.15) is 50.7 Å². The second-order valence-electron chi connectivity index (χ2n) is 8.42. The highest BCUT2D eigenvalue weighted by Gasteiger charge is 2.31. The fourth-order valence-corrected chi connectivity index (χ4v) is 3.70. The maximum atomic E-state index is 9.32. The van der Waals surface area contributed by atoms with E-state index in [2.05, 4.69) is 32.6 Å². The molecule has 3 rings (SSSR count). The Labute approximate surface area is 197 Å². The number of hydrogen-bond acceptors (Lipinski definition) is 6. The van der Waals surface area contributed by atoms with E-state index in [9.17, 15) is 5.11 Å². The maximum Gasteiger partial charge on any atom is 0.212 e. The van der Waals surface area contributed by atoms with Crippen molar-refractivity contribution >= 4 is 0 Å². The molecule has 0 bridgehead atoms. The summed E-state index contributed by atoms with van der Waals surface area (Å²) in [5.41, 5.74) is 2.32. The molecule has 2 aromatic rings. The molecule has 0 aliphatic carbocycles. The SMILES string of the molecule is C=COC(CCOCC(C)O)COc1ccccc1C(C)Cc1ccc(OCCC)c2c1O2. The van der Waals surface area contributed by atoms with Crippen LogP contribution in [-0.4, -0.2) is 43.7 Å². The van der Waals surface area contributed by atoms with Crippen molar-refractivity contribution < 1.29 is 28.8 Å². The van der Waals surface area contributed by atoms with Gasteiger partial charge in [0, 0.05) is 6.42 Å². The molecule has 1 heterocycles. The number of fused-ring (bicyclic) bond motifs is 1. The van der Waals surface area contributed by atoms with Crippen molar-refractivity contribution in [3.63, 3.8) is 0 Å². The molecule has 1 aliphatic heterocycles. The summed E-state index contributed by atoms with van der Waals surface area (Å²) >= 11 is 0. The summed E-state index contributed by atoms with van der Waals surface area (Å²) in [6.45, 7) is 11.5. The maximum absolute atomic E-state index is 9.32. The molecule has 0 radical (unpaired) electrons. The molecule has 3 unspecified atom stereocenters. The van der Waals surface area contributed by atoms with Crippen molar-refractivity contribution in [1.29, 1.82) is 0 Å². The first kappa shape index (κ1) is 24.9. The van der Waals surface area contributed by atoms with E-state index in [0.29, 0.717) is 32.8 Å². The topological polar surface area (TPSA) is 69.7 Å². The van der Waals surface area contributed by atoms with Crippen molar-refractivity contribution in [2.45, 2.75) is 58.2 Å². The summed E-state index contributed by atoms with van der Waals surface area (Å²) in [5, 5.41) is 9.32. The number of benzene rings is 2. The van der Waals surface area contributed by atoms with Gasteiger partial charge < -0.3 is 28.8 Å². The Morgan fingerprint density at radius 2 is 1.82 bits per heavy atom. The lowest BCUT2D eigenvalue weighted by molar-refractivity contribution is 0.0149. The summed E-state index contributed by atoms with van der Waals surface area (Å²) in [6.07, 6.45) is 3.23. The quantitative estimate of drug-likeness (QED) is 0.171. The molecule has 1 aliphatic rings. The normalized spacial score (nSPS) is 14.4. The molecule has 0 fully saturated rings. The highest BCUT2D eigenvalue weighted by atomic mass is 16.6. The summed E-state index contributed by atoms with van der Waals surface area (Å²) in [7, 11) is 0. The molecule has 33 heavy (non-hydrogen) atoms. The molecule has 0 saturated heterocycles. The Hall–Kier alpha value is -2.70. The van der Waals surface area contributed by atoms with E-state index in [1.807, 2.05) is 24.3 Å². The van der Waals surface area contributed by atoms with Gasteiger partial charge in [-0.1, -0.05) is 44.7 Å². The Kier molecular flexibility index (Phi) is 9.46. The number of hydrogen-bond donors (Lipinski definition) is 1. The molecule has 0 amide bonds. The van der Waals surface area contributed by atoms with Gasteiger partial charge in [0.05, 0.1) is 32.2 Å². The molecular weight excluding hydrogens is 420 g/mol. The van der Waals surface area contributed by atoms with Crippen molar-refractivity contribution in [3.05, 3.63) is 60.4 Å². The van der Waals surface area contributed by atoms with Gasteiger partial charge >= 0.3 is 0 Å². The van der Waals surface area contributed by atoms with E-state index in [4.69, 9.17) is 23.7 Å². The van der Waals surface area contributed by atoms with Gasteiger partial charge in [-0.15, -0.1) is 0 Å². The summed E-state index contributed by atoms with van der Waals surface area (Å²) in [4.78, 5) is 0. The Balaban J connectivity index is 1.58. The average Bonchev–Trinajstić information content (AvgIpc) is 3.61. The minimum absolute atomic E-state index is 0.180. The molecular formula is C27H36O6. The molecule has 0 spiro atoms. The van der Waals surface area contributed by atoms with Crippen LogP contribution in [0.4, 0.5) is 0 Å². The highest BCUT2D eigenvalue weighted by Crippen LogP contribution is 2.55. The number of rotatable bonds is 16. The lowest BCUT2D eigenvalue weighted by Crippen LogP contribution is -2.23. The van der Waals surface area contributed by atoms with Crippen molar-refractivity contribution in [1.82, 2.24) is 0 Å². The van der Waals surface area contributed by atoms with Crippen molar-refractivity contribution in [2.24, 2.45) is 0 Å². The monoisotopic (exact) mass is 456 g/mol. The number of para-hydroxylation sites is 1. The van der Waals surface area contributed by atoms with Gasteiger partial charge in [0.2, 0.25) is 5.75 Å². The van der Waals surface area contributed by atoms with Crippen LogP contribution in [0.3, 0.4) is 0 Å². The largest absolute Gasteiger partial charge is 0.495 e. The van der Waals surface area contributed by atoms with E-state index in [-0.39, 0.29) is 12.0 Å². The second-order valence-corrected chi connectivity index (χ2v) is 8.42. The molecule has 6 heteroatoms. The Morgan fingerprint density at radius 3 is 2.58 bits per heavy atom. The van der Waals surface area contributed by atoms with Crippen molar-refractivity contribution in [2.75, 3.05) is 26.4 Å². The number of aliphatic hydroxyl groups excluding tert-OH is 1. The first-order valence-corrected chi connectivity index (χ1v) is 11.7. The van der Waals surface area contributed by atoms with Crippen LogP contribution in [0.25, 0.3) is 0 Å². The lowest BCUT2D eigenvalue weighted by Gasteiger charge is -2.21. The third-order valence-corrected chi connectivity index (χ3v) is 5.41. The molecule has 2 aromatic carbocycles. The van der Waals surface area contributed by atoms with Crippen LogP contribution < -0.4 is 14.2 Å². The van der Waals surface area contributed by atoms with Crippen LogP contribution in [0.15, 0.2) is 49.2 Å². The van der Waals surface area contributed by atoms with E-state index in [1.54, 1.807) is 6.92 Å². The summed E-state index contributed by atoms with van der Waals surface area (Å²) < 4.78 is 28.7. The van der Waals surface area contributed by atoms with Gasteiger partial charge in [-0.05, 0) is 48.9 Å². The molecule has 0 aromatic heterocycles. The van der Waals surface area contributed by atoms with Gasteiger partial charge in [0.15, 0.2) is 11.5 Å². The lowest BCUT2D eigenvalue weighted by atomic mass is 9.93. The minimum Gasteiger partial charge on any atom is -0.495 e. The van der Waals surface area contributed by atoms with Gasteiger partial charge in [0.25, 0.3) is 0 Å². The van der Waals surface area contributed by atoms with E-state index in [1.165, 1.54) is 11.8 Å². The number of aliphatic hydroxyl groups is 1. The average molecular weight is 457 g/mol. The highest BCUT2D eigenvalue weighted by molar-refractivity contribution is 5.67. The Morgan fingerprint density at radius 1 is 1.00 bits per heavy atom. The third-order valence-electron chi connectivity index (χ3n) is 5.41. The Bertz CT molecular complexity index is 894. The van der Waals surface area contributed by atoms with Gasteiger partial charge in [-0.25, -0.2) is 0 Å². The van der Waals surface area contributed by atoms with Crippen LogP contribution in [0.5, 0.6) is 23.0 Å². The second kappa shape index (κ2) is 12.5. The zero-order valence-electron chi connectivity index (χ0n) is 19.9. The fraction of sp³-hybridized carbons (Fsp3) is 0.481. The predicted octanol–water partition coefficient (Wildman–Crippen LogP) is 5.62. The molecule has 6 nitrogen and oxygen atoms in total. The third kappa shape index (κ3) is 7.41. The minimum atomic E-state index is -0.480. The smallest absolute Gasteiger partial charge is 0.212 e. The van der Waals surface area contributed by atoms with Gasteiger partial charge in [-0.3, -0.25) is 0 Å². The molecule has 0 saturated carbocycles. The van der Waals surface area contributed by atoms with Crippen LogP contribution in [0, 0.1) is 0 Å². The fourth-order valence-electron chi connectivity index (χ4n) is 3.70. The summed E-state index contributed by atoms with van der Waals surface area (Å²) in [5.74, 6) is 3.74. The van der Waals surface area contributed by atoms with Gasteiger partial charge in [0.1, 0.15) is 18.5 Å². The zero-order valence-corrected chi connectivity index (χ0v) is 19.9. The van der Waals surface area contributed by atoms with E-state index >= 15 is 0 Å². The molecule has 180 valence electrons. The van der Waals surface area contributed by atoms with Crippen LogP contribution in [0.2, 0.25) is 0 Å². The molecule has 3 atom stereocenters. The zero-order chi connectivity index (χ0) is 23.6.